The lowest BCUT2D eigenvalue weighted by Crippen LogP contribution is -2.48. The first-order chi connectivity index (χ1) is 9.16. The molecule has 1 aliphatic rings. The number of carbonyl (C=O) groups is 1. The zero-order valence-corrected chi connectivity index (χ0v) is 11.6. The smallest absolute Gasteiger partial charge is 0.379 e. The molecule has 1 saturated heterocycles. The van der Waals surface area contributed by atoms with Crippen LogP contribution in [0.1, 0.15) is 16.8 Å². The number of carbonyl (C=O) groups excluding carboxylic acids is 1. The van der Waals surface area contributed by atoms with Crippen molar-refractivity contribution in [3.05, 3.63) is 33.8 Å². The zero-order chi connectivity index (χ0) is 15.1. The van der Waals surface area contributed by atoms with Crippen LogP contribution in [0.25, 0.3) is 0 Å². The van der Waals surface area contributed by atoms with E-state index in [1.807, 2.05) is 0 Å². The van der Waals surface area contributed by atoms with E-state index in [1.165, 1.54) is 18.2 Å². The van der Waals surface area contributed by atoms with Crippen molar-refractivity contribution < 1.29 is 23.1 Å². The number of nitrogens with zero attached hydrogens (tertiary/aromatic N) is 1. The van der Waals surface area contributed by atoms with Crippen molar-refractivity contribution in [2.24, 2.45) is 0 Å². The number of aliphatic hydroxyl groups is 1. The van der Waals surface area contributed by atoms with Gasteiger partial charge in [-0.3, -0.25) is 4.79 Å². The molecule has 0 radical (unpaired) electrons. The number of rotatable bonds is 1. The van der Waals surface area contributed by atoms with Crippen LogP contribution in [0.5, 0.6) is 0 Å². The first kappa shape index (κ1) is 15.4. The van der Waals surface area contributed by atoms with E-state index in [0.717, 1.165) is 4.90 Å². The van der Waals surface area contributed by atoms with Crippen LogP contribution in [0, 0.1) is 0 Å². The Hall–Kier alpha value is -0.980. The minimum atomic E-state index is -4.78. The SMILES string of the molecule is O=C(c1cccc(Cl)c1Cl)N1CCC(O)(C(F)(F)F)C1. The third-order valence-electron chi connectivity index (χ3n) is 3.24. The van der Waals surface area contributed by atoms with Gasteiger partial charge in [-0.05, 0) is 12.1 Å². The average molecular weight is 328 g/mol. The van der Waals surface area contributed by atoms with Gasteiger partial charge in [0.25, 0.3) is 5.91 Å². The first-order valence-electron chi connectivity index (χ1n) is 5.68. The van der Waals surface area contributed by atoms with Gasteiger partial charge in [0.1, 0.15) is 0 Å². The molecule has 20 heavy (non-hydrogen) atoms. The summed E-state index contributed by atoms with van der Waals surface area (Å²) < 4.78 is 38.1. The molecule has 1 heterocycles. The molecule has 0 aliphatic carbocycles. The second-order valence-corrected chi connectivity index (χ2v) is 5.39. The molecule has 1 aliphatic heterocycles. The molecule has 1 amide bonds. The molecule has 1 fully saturated rings. The van der Waals surface area contributed by atoms with E-state index in [9.17, 15) is 23.1 Å². The van der Waals surface area contributed by atoms with E-state index in [1.54, 1.807) is 0 Å². The van der Waals surface area contributed by atoms with Gasteiger partial charge in [0, 0.05) is 13.0 Å². The number of alkyl halides is 3. The third kappa shape index (κ3) is 2.60. The van der Waals surface area contributed by atoms with Gasteiger partial charge in [-0.15, -0.1) is 0 Å². The summed E-state index contributed by atoms with van der Waals surface area (Å²) in [4.78, 5) is 13.1. The summed E-state index contributed by atoms with van der Waals surface area (Å²) in [7, 11) is 0. The lowest BCUT2D eigenvalue weighted by Gasteiger charge is -2.26. The molecule has 0 saturated carbocycles. The number of hydrogen-bond donors (Lipinski definition) is 1. The highest BCUT2D eigenvalue weighted by Gasteiger charge is 2.57. The van der Waals surface area contributed by atoms with Gasteiger partial charge < -0.3 is 10.0 Å². The molecule has 0 aromatic heterocycles. The number of benzene rings is 1. The number of amides is 1. The largest absolute Gasteiger partial charge is 0.419 e. The second-order valence-electron chi connectivity index (χ2n) is 4.61. The van der Waals surface area contributed by atoms with Gasteiger partial charge in [0.15, 0.2) is 5.60 Å². The van der Waals surface area contributed by atoms with Crippen LogP contribution >= 0.6 is 23.2 Å². The molecule has 1 aromatic rings. The molecule has 3 nitrogen and oxygen atoms in total. The Balaban J connectivity index is 2.23. The number of halogens is 5. The molecule has 1 atom stereocenters. The Morgan fingerprint density at radius 2 is 2.00 bits per heavy atom. The Kier molecular flexibility index (Phi) is 3.92. The van der Waals surface area contributed by atoms with E-state index in [-0.39, 0.29) is 22.2 Å². The Morgan fingerprint density at radius 1 is 1.35 bits per heavy atom. The maximum Gasteiger partial charge on any atom is 0.419 e. The highest BCUT2D eigenvalue weighted by atomic mass is 35.5. The van der Waals surface area contributed by atoms with Crippen molar-refractivity contribution in [3.8, 4) is 0 Å². The average Bonchev–Trinajstić information content (AvgIpc) is 2.75. The highest BCUT2D eigenvalue weighted by Crippen LogP contribution is 2.38. The molecule has 0 spiro atoms. The standard InChI is InChI=1S/C12H10Cl2F3NO2/c13-8-3-1-2-7(9(8)14)10(19)18-5-4-11(20,6-18)12(15,16)17/h1-3,20H,4-6H2. The summed E-state index contributed by atoms with van der Waals surface area (Å²) >= 11 is 11.6. The van der Waals surface area contributed by atoms with Gasteiger partial charge in [0.05, 0.1) is 22.2 Å². The molecule has 8 heteroatoms. The molecule has 110 valence electrons. The van der Waals surface area contributed by atoms with Crippen LogP contribution in [-0.2, 0) is 0 Å². The van der Waals surface area contributed by atoms with Gasteiger partial charge in [-0.2, -0.15) is 13.2 Å². The topological polar surface area (TPSA) is 40.5 Å². The summed E-state index contributed by atoms with van der Waals surface area (Å²) in [6, 6.07) is 4.33. The van der Waals surface area contributed by atoms with Crippen LogP contribution in [0.4, 0.5) is 13.2 Å². The normalized spacial score (nSPS) is 23.2. The van der Waals surface area contributed by atoms with Crippen LogP contribution in [0.3, 0.4) is 0 Å². The molecule has 2 rings (SSSR count). The van der Waals surface area contributed by atoms with Crippen LogP contribution in [-0.4, -0.2) is 40.8 Å². The predicted molar refractivity (Wildman–Crippen MR) is 68.0 cm³/mol. The van der Waals surface area contributed by atoms with E-state index in [4.69, 9.17) is 23.2 Å². The van der Waals surface area contributed by atoms with Crippen molar-refractivity contribution in [1.82, 2.24) is 4.90 Å². The first-order valence-corrected chi connectivity index (χ1v) is 6.44. The number of hydrogen-bond acceptors (Lipinski definition) is 2. The van der Waals surface area contributed by atoms with Crippen LogP contribution in [0.15, 0.2) is 18.2 Å². The minimum absolute atomic E-state index is 0.0124. The lowest BCUT2D eigenvalue weighted by molar-refractivity contribution is -0.253. The summed E-state index contributed by atoms with van der Waals surface area (Å²) in [6.07, 6.45) is -5.33. The van der Waals surface area contributed by atoms with E-state index < -0.39 is 30.7 Å². The van der Waals surface area contributed by atoms with Gasteiger partial charge in [0.2, 0.25) is 0 Å². The van der Waals surface area contributed by atoms with E-state index in [2.05, 4.69) is 0 Å². The molecule has 1 N–H and O–H groups in total. The summed E-state index contributed by atoms with van der Waals surface area (Å²) in [5.74, 6) is -0.683. The van der Waals surface area contributed by atoms with Gasteiger partial charge in [-0.1, -0.05) is 29.3 Å². The fourth-order valence-electron chi connectivity index (χ4n) is 2.04. The van der Waals surface area contributed by atoms with Crippen LogP contribution < -0.4 is 0 Å². The Bertz CT molecular complexity index is 550. The molecular formula is C12H10Cl2F3NO2. The fourth-order valence-corrected chi connectivity index (χ4v) is 2.42. The predicted octanol–water partition coefficient (Wildman–Crippen LogP) is 3.13. The van der Waals surface area contributed by atoms with E-state index >= 15 is 0 Å². The molecule has 1 aromatic carbocycles. The monoisotopic (exact) mass is 327 g/mol. The summed E-state index contributed by atoms with van der Waals surface area (Å²) in [5.41, 5.74) is -2.85. The van der Waals surface area contributed by atoms with Crippen LogP contribution in [0.2, 0.25) is 10.0 Å². The van der Waals surface area contributed by atoms with Crippen molar-refractivity contribution in [3.63, 3.8) is 0 Å². The zero-order valence-electron chi connectivity index (χ0n) is 10.0. The molecule has 1 unspecified atom stereocenters. The third-order valence-corrected chi connectivity index (χ3v) is 4.06. The fraction of sp³-hybridized carbons (Fsp3) is 0.417. The molecular weight excluding hydrogens is 318 g/mol. The summed E-state index contributed by atoms with van der Waals surface area (Å²) in [5, 5.41) is 9.67. The number of β-amino-alcohol motifs (C(OH)–C–C–N with tert-alkyl or cyclic N) is 1. The van der Waals surface area contributed by atoms with Crippen molar-refractivity contribution in [2.75, 3.05) is 13.1 Å². The highest BCUT2D eigenvalue weighted by molar-refractivity contribution is 6.43. The second kappa shape index (κ2) is 5.09. The molecule has 0 bridgehead atoms. The lowest BCUT2D eigenvalue weighted by atomic mass is 10.0. The minimum Gasteiger partial charge on any atom is -0.379 e. The maximum absolute atomic E-state index is 12.7. The summed E-state index contributed by atoms with van der Waals surface area (Å²) in [6.45, 7) is -1.00. The van der Waals surface area contributed by atoms with Gasteiger partial charge >= 0.3 is 6.18 Å². The Labute approximate surface area is 122 Å². The van der Waals surface area contributed by atoms with Crippen molar-refractivity contribution in [2.45, 2.75) is 18.2 Å². The van der Waals surface area contributed by atoms with Crippen molar-refractivity contribution >= 4 is 29.1 Å². The quantitative estimate of drug-likeness (QED) is 0.860. The van der Waals surface area contributed by atoms with Crippen molar-refractivity contribution in [1.29, 1.82) is 0 Å². The number of likely N-dealkylation sites (tertiary alicyclic amines) is 1. The maximum atomic E-state index is 12.7. The van der Waals surface area contributed by atoms with E-state index in [0.29, 0.717) is 0 Å². The Morgan fingerprint density at radius 3 is 2.55 bits per heavy atom. The van der Waals surface area contributed by atoms with Gasteiger partial charge in [-0.25, -0.2) is 0 Å².